The maximum atomic E-state index is 13.2. The number of ether oxygens (including phenoxy) is 1. The molecule has 1 heterocycles. The SMILES string of the molecule is COC(=O)c1ccc(Cn2ccc3cc(-c4cc(C(=O)NC5CC5)ccc4C)ccc3c2=O)cc1. The second-order valence-corrected chi connectivity index (χ2v) is 9.02. The molecule has 1 amide bonds. The van der Waals surface area contributed by atoms with E-state index in [4.69, 9.17) is 4.74 Å². The number of hydrogen-bond donors (Lipinski definition) is 1. The zero-order valence-electron chi connectivity index (χ0n) is 19.7. The Kier molecular flexibility index (Phi) is 5.95. The molecule has 4 aromatic rings. The van der Waals surface area contributed by atoms with Crippen LogP contribution >= 0.6 is 0 Å². The summed E-state index contributed by atoms with van der Waals surface area (Å²) in [5, 5.41) is 4.51. The van der Waals surface area contributed by atoms with Crippen molar-refractivity contribution in [3.8, 4) is 11.1 Å². The van der Waals surface area contributed by atoms with Crippen LogP contribution in [0.1, 0.15) is 44.7 Å². The van der Waals surface area contributed by atoms with Crippen LogP contribution in [0, 0.1) is 6.92 Å². The molecule has 0 spiro atoms. The molecule has 0 bridgehead atoms. The average Bonchev–Trinajstić information content (AvgIpc) is 3.69. The number of fused-ring (bicyclic) bond motifs is 1. The van der Waals surface area contributed by atoms with Crippen molar-refractivity contribution in [2.24, 2.45) is 0 Å². The van der Waals surface area contributed by atoms with Gasteiger partial charge in [0.2, 0.25) is 0 Å². The van der Waals surface area contributed by atoms with E-state index in [1.54, 1.807) is 22.9 Å². The Morgan fingerprint density at radius 1 is 0.971 bits per heavy atom. The summed E-state index contributed by atoms with van der Waals surface area (Å²) in [6.07, 6.45) is 3.88. The summed E-state index contributed by atoms with van der Waals surface area (Å²) >= 11 is 0. The number of rotatable bonds is 6. The summed E-state index contributed by atoms with van der Waals surface area (Å²) in [7, 11) is 1.35. The number of carbonyl (C=O) groups excluding carboxylic acids is 2. The molecule has 176 valence electrons. The first kappa shape index (κ1) is 22.6. The Labute approximate surface area is 203 Å². The molecule has 0 saturated heterocycles. The Hall–Kier alpha value is -4.19. The highest BCUT2D eigenvalue weighted by molar-refractivity contribution is 5.96. The van der Waals surface area contributed by atoms with E-state index < -0.39 is 0 Å². The average molecular weight is 467 g/mol. The van der Waals surface area contributed by atoms with E-state index in [1.807, 2.05) is 61.5 Å². The minimum atomic E-state index is -0.389. The van der Waals surface area contributed by atoms with Crippen LogP contribution in [0.15, 0.2) is 77.7 Å². The molecule has 1 saturated carbocycles. The molecular weight excluding hydrogens is 440 g/mol. The second kappa shape index (κ2) is 9.22. The molecule has 0 atom stereocenters. The van der Waals surface area contributed by atoms with Gasteiger partial charge in [0, 0.05) is 23.2 Å². The van der Waals surface area contributed by atoms with Crippen molar-refractivity contribution in [2.75, 3.05) is 7.11 Å². The van der Waals surface area contributed by atoms with Crippen LogP contribution in [0.5, 0.6) is 0 Å². The molecule has 0 unspecified atom stereocenters. The highest BCUT2D eigenvalue weighted by Gasteiger charge is 2.24. The predicted octanol–water partition coefficient (Wildman–Crippen LogP) is 4.70. The number of hydrogen-bond acceptors (Lipinski definition) is 4. The van der Waals surface area contributed by atoms with Crippen LogP contribution in [0.2, 0.25) is 0 Å². The second-order valence-electron chi connectivity index (χ2n) is 9.02. The summed E-state index contributed by atoms with van der Waals surface area (Å²) in [5.74, 6) is -0.434. The van der Waals surface area contributed by atoms with Crippen molar-refractivity contribution >= 4 is 22.6 Å². The van der Waals surface area contributed by atoms with Gasteiger partial charge < -0.3 is 14.6 Å². The van der Waals surface area contributed by atoms with Crippen LogP contribution in [0.25, 0.3) is 21.9 Å². The minimum Gasteiger partial charge on any atom is -0.465 e. The largest absolute Gasteiger partial charge is 0.465 e. The zero-order chi connectivity index (χ0) is 24.5. The normalized spacial score (nSPS) is 13.0. The Bertz CT molecular complexity index is 1500. The lowest BCUT2D eigenvalue weighted by Gasteiger charge is -2.12. The van der Waals surface area contributed by atoms with Crippen molar-refractivity contribution in [2.45, 2.75) is 32.4 Å². The zero-order valence-corrected chi connectivity index (χ0v) is 19.7. The van der Waals surface area contributed by atoms with Crippen LogP contribution < -0.4 is 10.9 Å². The highest BCUT2D eigenvalue weighted by atomic mass is 16.5. The van der Waals surface area contributed by atoms with Gasteiger partial charge in [0.05, 0.1) is 19.2 Å². The first-order valence-corrected chi connectivity index (χ1v) is 11.7. The van der Waals surface area contributed by atoms with Gasteiger partial charge in [0.1, 0.15) is 0 Å². The quantitative estimate of drug-likeness (QED) is 0.418. The molecule has 0 radical (unpaired) electrons. The van der Waals surface area contributed by atoms with E-state index in [2.05, 4.69) is 5.32 Å². The highest BCUT2D eigenvalue weighted by Crippen LogP contribution is 2.28. The van der Waals surface area contributed by atoms with Crippen molar-refractivity contribution in [1.82, 2.24) is 9.88 Å². The number of pyridine rings is 1. The van der Waals surface area contributed by atoms with Crippen molar-refractivity contribution in [1.29, 1.82) is 0 Å². The monoisotopic (exact) mass is 466 g/mol. The lowest BCUT2D eigenvalue weighted by molar-refractivity contribution is 0.0600. The summed E-state index contributed by atoms with van der Waals surface area (Å²) in [5.41, 5.74) is 4.95. The van der Waals surface area contributed by atoms with E-state index in [1.165, 1.54) is 7.11 Å². The molecule has 6 heteroatoms. The molecule has 6 nitrogen and oxygen atoms in total. The smallest absolute Gasteiger partial charge is 0.337 e. The van der Waals surface area contributed by atoms with Gasteiger partial charge in [-0.25, -0.2) is 4.79 Å². The van der Waals surface area contributed by atoms with Gasteiger partial charge in [-0.3, -0.25) is 9.59 Å². The van der Waals surface area contributed by atoms with Gasteiger partial charge in [-0.15, -0.1) is 0 Å². The van der Waals surface area contributed by atoms with Gasteiger partial charge in [-0.1, -0.05) is 24.3 Å². The third-order valence-electron chi connectivity index (χ3n) is 6.43. The molecule has 3 aromatic carbocycles. The minimum absolute atomic E-state index is 0.0444. The van der Waals surface area contributed by atoms with Gasteiger partial charge in [0.25, 0.3) is 11.5 Å². The van der Waals surface area contributed by atoms with E-state index >= 15 is 0 Å². The van der Waals surface area contributed by atoms with Crippen molar-refractivity contribution in [3.05, 3.63) is 106 Å². The summed E-state index contributed by atoms with van der Waals surface area (Å²) in [6.45, 7) is 2.42. The Morgan fingerprint density at radius 3 is 2.43 bits per heavy atom. The number of aromatic nitrogens is 1. The fraction of sp³-hybridized carbons (Fsp3) is 0.207. The van der Waals surface area contributed by atoms with Gasteiger partial charge in [-0.05, 0) is 89.9 Å². The number of esters is 1. The van der Waals surface area contributed by atoms with Crippen LogP contribution in [0.4, 0.5) is 0 Å². The lowest BCUT2D eigenvalue weighted by atomic mass is 9.96. The van der Waals surface area contributed by atoms with Gasteiger partial charge >= 0.3 is 5.97 Å². The Balaban J connectivity index is 1.43. The number of carbonyl (C=O) groups is 2. The maximum absolute atomic E-state index is 13.2. The molecule has 1 aromatic heterocycles. The van der Waals surface area contributed by atoms with Crippen molar-refractivity contribution < 1.29 is 14.3 Å². The third-order valence-corrected chi connectivity index (χ3v) is 6.43. The fourth-order valence-corrected chi connectivity index (χ4v) is 4.21. The van der Waals surface area contributed by atoms with Crippen molar-refractivity contribution in [3.63, 3.8) is 0 Å². The standard InChI is InChI=1S/C29H26N2O4/c1-18-3-6-23(27(32)30-24-10-11-24)16-26(18)21-9-12-25-22(15-21)13-14-31(28(25)33)17-19-4-7-20(8-5-19)29(34)35-2/h3-9,12-16,24H,10-11,17H2,1-2H3,(H,30,32). The number of nitrogens with one attached hydrogen (secondary N) is 1. The number of nitrogens with zero attached hydrogens (tertiary/aromatic N) is 1. The predicted molar refractivity (Wildman–Crippen MR) is 136 cm³/mol. The third kappa shape index (κ3) is 4.73. The van der Waals surface area contributed by atoms with E-state index in [0.717, 1.165) is 40.5 Å². The summed E-state index contributed by atoms with van der Waals surface area (Å²) in [4.78, 5) is 37.3. The van der Waals surface area contributed by atoms with Gasteiger partial charge in [-0.2, -0.15) is 0 Å². The maximum Gasteiger partial charge on any atom is 0.337 e. The first-order chi connectivity index (χ1) is 16.9. The van der Waals surface area contributed by atoms with E-state index in [-0.39, 0.29) is 17.4 Å². The molecule has 0 aliphatic heterocycles. The van der Waals surface area contributed by atoms with Gasteiger partial charge in [0.15, 0.2) is 0 Å². The Morgan fingerprint density at radius 2 is 1.71 bits per heavy atom. The van der Waals surface area contributed by atoms with Crippen LogP contribution in [0.3, 0.4) is 0 Å². The summed E-state index contributed by atoms with van der Waals surface area (Å²) < 4.78 is 6.39. The van der Waals surface area contributed by atoms with E-state index in [0.29, 0.717) is 29.1 Å². The molecule has 1 aliphatic rings. The number of aryl methyl sites for hydroxylation is 1. The fourth-order valence-electron chi connectivity index (χ4n) is 4.21. The number of amides is 1. The molecule has 1 fully saturated rings. The van der Waals surface area contributed by atoms with Crippen LogP contribution in [-0.2, 0) is 11.3 Å². The summed E-state index contributed by atoms with van der Waals surface area (Å²) in [6, 6.07) is 20.8. The molecular formula is C29H26N2O4. The molecule has 35 heavy (non-hydrogen) atoms. The van der Waals surface area contributed by atoms with Crippen LogP contribution in [-0.4, -0.2) is 29.6 Å². The number of benzene rings is 3. The lowest BCUT2D eigenvalue weighted by Crippen LogP contribution is -2.25. The van der Waals surface area contributed by atoms with E-state index in [9.17, 15) is 14.4 Å². The molecule has 1 aliphatic carbocycles. The first-order valence-electron chi connectivity index (χ1n) is 11.7. The molecule has 1 N–H and O–H groups in total. The molecule has 5 rings (SSSR count). The topological polar surface area (TPSA) is 77.4 Å². The number of methoxy groups -OCH3 is 1.